The molecule has 0 spiro atoms. The van der Waals surface area contributed by atoms with E-state index in [0.717, 1.165) is 29.7 Å². The molecule has 0 aromatic carbocycles. The molecule has 5 nitrogen and oxygen atoms in total. The van der Waals surface area contributed by atoms with Crippen molar-refractivity contribution in [3.8, 4) is 0 Å². The molecule has 2 fully saturated rings. The Hall–Kier alpha value is -1.79. The number of dihydropyridines is 1. The Morgan fingerprint density at radius 2 is 1.78 bits per heavy atom. The summed E-state index contributed by atoms with van der Waals surface area (Å²) in [7, 11) is 0. The van der Waals surface area contributed by atoms with Crippen LogP contribution in [-0.2, 0) is 11.2 Å². The van der Waals surface area contributed by atoms with Crippen molar-refractivity contribution in [3.05, 3.63) is 32.5 Å². The molecule has 1 saturated carbocycles. The highest BCUT2D eigenvalue weighted by atomic mass is 32.1. The van der Waals surface area contributed by atoms with E-state index >= 15 is 0 Å². The fourth-order valence-corrected chi connectivity index (χ4v) is 8.94. The minimum Gasteiger partial charge on any atom is -0.337 e. The van der Waals surface area contributed by atoms with Gasteiger partial charge in [0.05, 0.1) is 11.5 Å². The number of carbonyl (C=O) groups excluding carboxylic acids is 2. The standard InChI is InChI=1S/C31H45N3O2S/c1-20-17-21(2)32-29(35)25(20)18-34-14-8-9-26-27(30(34)36)23(4)28(37-26)22(3)24-10-15-33(16-11-24)19-31(5)12-6-7-13-31/h17,22,24-25H,6-16,18-19H2,1-5H3/t22-,25?/m1/s1. The summed E-state index contributed by atoms with van der Waals surface area (Å²) in [4.78, 5) is 38.0. The average molecular weight is 524 g/mol. The Bertz CT molecular complexity index is 1100. The van der Waals surface area contributed by atoms with E-state index < -0.39 is 0 Å². The molecule has 0 bridgehead atoms. The predicted octanol–water partition coefficient (Wildman–Crippen LogP) is 6.40. The maximum Gasteiger partial charge on any atom is 0.255 e. The smallest absolute Gasteiger partial charge is 0.255 e. The number of amides is 2. The van der Waals surface area contributed by atoms with Crippen LogP contribution in [0.1, 0.15) is 104 Å². The van der Waals surface area contributed by atoms with Gasteiger partial charge in [-0.25, -0.2) is 4.99 Å². The lowest BCUT2D eigenvalue weighted by molar-refractivity contribution is -0.120. The van der Waals surface area contributed by atoms with E-state index in [0.29, 0.717) is 30.3 Å². The van der Waals surface area contributed by atoms with Crippen LogP contribution in [0.15, 0.2) is 16.6 Å². The number of rotatable bonds is 6. The first-order valence-electron chi connectivity index (χ1n) is 14.6. The highest BCUT2D eigenvalue weighted by Gasteiger charge is 2.36. The van der Waals surface area contributed by atoms with Crippen molar-refractivity contribution in [3.63, 3.8) is 0 Å². The second-order valence-corrected chi connectivity index (χ2v) is 13.8. The molecule has 0 N–H and O–H groups in total. The molecule has 2 amide bonds. The van der Waals surface area contributed by atoms with Crippen LogP contribution in [0.3, 0.4) is 0 Å². The maximum atomic E-state index is 13.8. The fourth-order valence-electron chi connectivity index (χ4n) is 7.45. The molecule has 202 valence electrons. The fraction of sp³-hybridized carbons (Fsp3) is 0.710. The zero-order valence-corrected chi connectivity index (χ0v) is 24.4. The van der Waals surface area contributed by atoms with Crippen molar-refractivity contribution in [1.29, 1.82) is 0 Å². The second kappa shape index (κ2) is 10.8. The summed E-state index contributed by atoms with van der Waals surface area (Å²) in [6.45, 7) is 15.8. The molecule has 1 aromatic heterocycles. The van der Waals surface area contributed by atoms with Crippen molar-refractivity contribution in [2.45, 2.75) is 91.9 Å². The lowest BCUT2D eigenvalue weighted by Crippen LogP contribution is -2.41. The minimum absolute atomic E-state index is 0.112. The number of aryl methyl sites for hydroxylation is 1. The number of hydrogen-bond donors (Lipinski definition) is 0. The summed E-state index contributed by atoms with van der Waals surface area (Å²) in [5.41, 5.74) is 4.43. The summed E-state index contributed by atoms with van der Waals surface area (Å²) < 4.78 is 0. The van der Waals surface area contributed by atoms with Gasteiger partial charge in [0.2, 0.25) is 0 Å². The van der Waals surface area contributed by atoms with Crippen LogP contribution in [-0.4, -0.2) is 60.0 Å². The number of nitrogens with zero attached hydrogens (tertiary/aromatic N) is 3. The van der Waals surface area contributed by atoms with Crippen LogP contribution in [0.2, 0.25) is 0 Å². The van der Waals surface area contributed by atoms with Gasteiger partial charge >= 0.3 is 0 Å². The van der Waals surface area contributed by atoms with E-state index in [1.165, 1.54) is 73.5 Å². The third-order valence-corrected chi connectivity index (χ3v) is 11.3. The number of fused-ring (bicyclic) bond motifs is 1. The van der Waals surface area contributed by atoms with E-state index in [2.05, 4.69) is 30.7 Å². The van der Waals surface area contributed by atoms with E-state index in [-0.39, 0.29) is 17.7 Å². The van der Waals surface area contributed by atoms with Crippen LogP contribution in [0, 0.1) is 24.2 Å². The molecule has 3 aliphatic heterocycles. The van der Waals surface area contributed by atoms with E-state index in [1.54, 1.807) is 0 Å². The molecule has 6 heteroatoms. The normalized spacial score (nSPS) is 26.1. The number of piperidine rings is 1. The van der Waals surface area contributed by atoms with Crippen LogP contribution in [0.4, 0.5) is 0 Å². The van der Waals surface area contributed by atoms with E-state index in [4.69, 9.17) is 0 Å². The summed E-state index contributed by atoms with van der Waals surface area (Å²) in [6, 6.07) is 0. The van der Waals surface area contributed by atoms with Gasteiger partial charge in [0.1, 0.15) is 0 Å². The first kappa shape index (κ1) is 26.8. The van der Waals surface area contributed by atoms with Crippen LogP contribution < -0.4 is 0 Å². The van der Waals surface area contributed by atoms with Gasteiger partial charge < -0.3 is 9.80 Å². The molecular weight excluding hydrogens is 478 g/mol. The predicted molar refractivity (Wildman–Crippen MR) is 153 cm³/mol. The topological polar surface area (TPSA) is 53.0 Å². The van der Waals surface area contributed by atoms with Gasteiger partial charge in [-0.3, -0.25) is 9.59 Å². The van der Waals surface area contributed by atoms with Gasteiger partial charge in [0.25, 0.3) is 11.8 Å². The summed E-state index contributed by atoms with van der Waals surface area (Å²) in [5, 5.41) is 0. The molecule has 4 aliphatic rings. The third-order valence-electron chi connectivity index (χ3n) is 9.73. The highest BCUT2D eigenvalue weighted by Crippen LogP contribution is 2.43. The molecule has 1 unspecified atom stereocenters. The largest absolute Gasteiger partial charge is 0.337 e. The number of carbonyl (C=O) groups is 2. The molecule has 1 aliphatic carbocycles. The number of aliphatic imine (C=N–C) groups is 1. The van der Waals surface area contributed by atoms with Crippen molar-refractivity contribution >= 4 is 28.9 Å². The Morgan fingerprint density at radius 1 is 1.08 bits per heavy atom. The Labute approximate surface area is 227 Å². The van der Waals surface area contributed by atoms with Gasteiger partial charge in [0, 0.05) is 35.1 Å². The Balaban J connectivity index is 1.26. The van der Waals surface area contributed by atoms with E-state index in [9.17, 15) is 9.59 Å². The summed E-state index contributed by atoms with van der Waals surface area (Å²) in [6.07, 6.45) is 12.0. The van der Waals surface area contributed by atoms with Gasteiger partial charge in [-0.2, -0.15) is 0 Å². The van der Waals surface area contributed by atoms with Crippen molar-refractivity contribution in [1.82, 2.24) is 9.80 Å². The third kappa shape index (κ3) is 5.52. The van der Waals surface area contributed by atoms with E-state index in [1.807, 2.05) is 36.2 Å². The Morgan fingerprint density at radius 3 is 2.46 bits per heavy atom. The van der Waals surface area contributed by atoms with Crippen molar-refractivity contribution in [2.24, 2.45) is 22.2 Å². The van der Waals surface area contributed by atoms with Gasteiger partial charge in [-0.05, 0) is 101 Å². The first-order valence-corrected chi connectivity index (χ1v) is 15.4. The highest BCUT2D eigenvalue weighted by molar-refractivity contribution is 7.12. The molecule has 5 rings (SSSR count). The van der Waals surface area contributed by atoms with Crippen LogP contribution >= 0.6 is 11.3 Å². The van der Waals surface area contributed by atoms with Crippen molar-refractivity contribution in [2.75, 3.05) is 32.7 Å². The van der Waals surface area contributed by atoms with Crippen LogP contribution in [0.25, 0.3) is 0 Å². The molecule has 0 radical (unpaired) electrons. The average Bonchev–Trinajstić information content (AvgIpc) is 3.37. The number of hydrogen-bond acceptors (Lipinski definition) is 4. The molecule has 4 heterocycles. The first-order chi connectivity index (χ1) is 17.6. The monoisotopic (exact) mass is 523 g/mol. The Kier molecular flexibility index (Phi) is 7.80. The second-order valence-electron chi connectivity index (χ2n) is 12.7. The van der Waals surface area contributed by atoms with Gasteiger partial charge in [-0.15, -0.1) is 11.3 Å². The van der Waals surface area contributed by atoms with Gasteiger partial charge in [0.15, 0.2) is 0 Å². The quantitative estimate of drug-likeness (QED) is 0.433. The lowest BCUT2D eigenvalue weighted by Gasteiger charge is -2.39. The lowest BCUT2D eigenvalue weighted by atomic mass is 9.81. The summed E-state index contributed by atoms with van der Waals surface area (Å²) >= 11 is 1.90. The van der Waals surface area contributed by atoms with Crippen molar-refractivity contribution < 1.29 is 9.59 Å². The van der Waals surface area contributed by atoms with Crippen LogP contribution in [0.5, 0.6) is 0 Å². The zero-order valence-electron chi connectivity index (χ0n) is 23.6. The minimum atomic E-state index is -0.316. The van der Waals surface area contributed by atoms with Gasteiger partial charge in [-0.1, -0.05) is 32.3 Å². The number of allylic oxidation sites excluding steroid dienone is 1. The number of likely N-dealkylation sites (tertiary alicyclic amines) is 1. The number of thiophene rings is 1. The maximum absolute atomic E-state index is 13.8. The molecule has 1 saturated heterocycles. The molecule has 37 heavy (non-hydrogen) atoms. The summed E-state index contributed by atoms with van der Waals surface area (Å²) in [5.74, 6) is 0.868. The molecular formula is C31H45N3O2S. The molecule has 1 aromatic rings. The zero-order chi connectivity index (χ0) is 26.3. The SMILES string of the molecule is CC1=CC(C)=NC(=O)C1CN1CCCc2sc([C@H](C)C3CCN(CC4(C)CCCC4)CC3)c(C)c2C1=O. The molecule has 2 atom stereocenters.